The Morgan fingerprint density at radius 3 is 1.67 bits per heavy atom. The molecular formula is C10H22NP. The molecule has 2 heteroatoms. The van der Waals surface area contributed by atoms with Crippen LogP contribution in [0.3, 0.4) is 0 Å². The second kappa shape index (κ2) is 5.59. The van der Waals surface area contributed by atoms with Gasteiger partial charge in [0.25, 0.3) is 0 Å². The van der Waals surface area contributed by atoms with E-state index in [1.165, 1.54) is 5.70 Å². The highest BCUT2D eigenvalue weighted by molar-refractivity contribution is 7.42. The van der Waals surface area contributed by atoms with E-state index in [0.29, 0.717) is 11.8 Å². The first-order valence-corrected chi connectivity index (χ1v) is 6.14. The van der Waals surface area contributed by atoms with E-state index in [-0.39, 0.29) is 0 Å². The van der Waals surface area contributed by atoms with Gasteiger partial charge in [-0.05, 0) is 23.8 Å². The second-order valence-corrected chi connectivity index (χ2v) is 4.68. The topological polar surface area (TPSA) is 12.0 Å². The molecule has 0 fully saturated rings. The molecule has 0 saturated heterocycles. The van der Waals surface area contributed by atoms with Crippen molar-refractivity contribution in [1.29, 1.82) is 0 Å². The maximum atomic E-state index is 3.32. The molecule has 1 unspecified atom stereocenters. The lowest BCUT2D eigenvalue weighted by molar-refractivity contribution is 0.665. The van der Waals surface area contributed by atoms with Gasteiger partial charge >= 0.3 is 0 Å². The zero-order valence-corrected chi connectivity index (χ0v) is 10.2. The fourth-order valence-corrected chi connectivity index (χ4v) is 2.73. The average Bonchev–Trinajstić information content (AvgIpc) is 1.98. The van der Waals surface area contributed by atoms with E-state index in [2.05, 4.69) is 39.7 Å². The molecule has 0 aromatic rings. The van der Waals surface area contributed by atoms with E-state index in [1.807, 2.05) is 7.05 Å². The largest absolute Gasteiger partial charge is 0.391 e. The molecule has 0 bridgehead atoms. The van der Waals surface area contributed by atoms with Crippen LogP contribution in [0.25, 0.3) is 0 Å². The van der Waals surface area contributed by atoms with Crippen molar-refractivity contribution in [2.24, 2.45) is 11.8 Å². The lowest BCUT2D eigenvalue weighted by Gasteiger charge is -2.19. The monoisotopic (exact) mass is 187 g/mol. The Bertz CT molecular complexity index is 141. The maximum Gasteiger partial charge on any atom is 0.0167 e. The first-order chi connectivity index (χ1) is 5.54. The molecule has 0 aliphatic carbocycles. The highest BCUT2D eigenvalue weighted by Crippen LogP contribution is 2.31. The van der Waals surface area contributed by atoms with E-state index in [1.54, 1.807) is 5.31 Å². The highest BCUT2D eigenvalue weighted by atomic mass is 31.1. The predicted octanol–water partition coefficient (Wildman–Crippen LogP) is 3.04. The van der Waals surface area contributed by atoms with Crippen LogP contribution in [0.5, 0.6) is 0 Å². The van der Waals surface area contributed by atoms with Crippen LogP contribution in [0.15, 0.2) is 11.0 Å². The van der Waals surface area contributed by atoms with Crippen molar-refractivity contribution < 1.29 is 0 Å². The van der Waals surface area contributed by atoms with Gasteiger partial charge < -0.3 is 5.32 Å². The maximum absolute atomic E-state index is 3.32. The fourth-order valence-electron chi connectivity index (χ4n) is 1.47. The Labute approximate surface area is 78.8 Å². The molecule has 0 aromatic carbocycles. The molecule has 0 aliphatic rings. The van der Waals surface area contributed by atoms with Crippen LogP contribution in [0.2, 0.25) is 0 Å². The smallest absolute Gasteiger partial charge is 0.0167 e. The normalized spacial score (nSPS) is 14.7. The van der Waals surface area contributed by atoms with Gasteiger partial charge in [-0.25, -0.2) is 0 Å². The molecule has 1 nitrogen and oxygen atoms in total. The number of rotatable bonds is 4. The Morgan fingerprint density at radius 2 is 1.58 bits per heavy atom. The summed E-state index contributed by atoms with van der Waals surface area (Å²) in [7, 11) is 2.95. The number of hydrogen-bond donors (Lipinski definition) is 1. The van der Waals surface area contributed by atoms with E-state index < -0.39 is 0 Å². The number of hydrogen-bond acceptors (Lipinski definition) is 1. The zero-order chi connectivity index (χ0) is 9.72. The van der Waals surface area contributed by atoms with Crippen LogP contribution in [-0.2, 0) is 0 Å². The lowest BCUT2D eigenvalue weighted by Crippen LogP contribution is -2.15. The average molecular weight is 187 g/mol. The van der Waals surface area contributed by atoms with Gasteiger partial charge in [-0.3, -0.25) is 0 Å². The lowest BCUT2D eigenvalue weighted by atomic mass is 10.1. The summed E-state index contributed by atoms with van der Waals surface area (Å²) < 4.78 is 0. The van der Waals surface area contributed by atoms with Crippen LogP contribution in [0.1, 0.15) is 27.7 Å². The summed E-state index contributed by atoms with van der Waals surface area (Å²) in [4.78, 5) is 0. The number of allylic oxidation sites excluding steroid dienone is 2. The summed E-state index contributed by atoms with van der Waals surface area (Å²) in [5, 5.41) is 4.91. The zero-order valence-electron chi connectivity index (χ0n) is 9.15. The second-order valence-electron chi connectivity index (χ2n) is 3.64. The summed E-state index contributed by atoms with van der Waals surface area (Å²) in [6.07, 6.45) is 0. The predicted molar refractivity (Wildman–Crippen MR) is 60.0 cm³/mol. The summed E-state index contributed by atoms with van der Waals surface area (Å²) in [6.45, 7) is 11.3. The summed E-state index contributed by atoms with van der Waals surface area (Å²) >= 11 is 0. The van der Waals surface area contributed by atoms with Crippen LogP contribution in [0, 0.1) is 11.8 Å². The minimum absolute atomic E-state index is 0.625. The van der Waals surface area contributed by atoms with Crippen molar-refractivity contribution in [2.45, 2.75) is 27.7 Å². The van der Waals surface area contributed by atoms with Crippen molar-refractivity contribution in [2.75, 3.05) is 13.7 Å². The standard InChI is InChI=1S/C10H22NP/c1-7(2)9(11-5)10(12-6)8(3)4/h7-8,11-12H,1-6H3/b10-9-. The minimum atomic E-state index is 0.625. The van der Waals surface area contributed by atoms with Crippen LogP contribution < -0.4 is 5.32 Å². The Hall–Kier alpha value is -0.0300. The Balaban J connectivity index is 4.74. The fraction of sp³-hybridized carbons (Fsp3) is 0.800. The molecule has 0 aliphatic heterocycles. The van der Waals surface area contributed by atoms with E-state index in [9.17, 15) is 0 Å². The SMILES string of the molecule is CN/C(=C(\PC)C(C)C)C(C)C. The van der Waals surface area contributed by atoms with Gasteiger partial charge in [-0.15, -0.1) is 0 Å². The van der Waals surface area contributed by atoms with Crippen molar-refractivity contribution in [1.82, 2.24) is 5.32 Å². The molecule has 0 spiro atoms. The first kappa shape index (κ1) is 12.0. The summed E-state index contributed by atoms with van der Waals surface area (Å²) in [5.74, 6) is 1.30. The summed E-state index contributed by atoms with van der Waals surface area (Å²) in [6, 6.07) is 0. The van der Waals surface area contributed by atoms with Crippen molar-refractivity contribution in [3.8, 4) is 0 Å². The third-order valence-electron chi connectivity index (χ3n) is 1.98. The van der Waals surface area contributed by atoms with Crippen molar-refractivity contribution in [3.63, 3.8) is 0 Å². The molecule has 1 atom stereocenters. The molecule has 1 N–H and O–H groups in total. The van der Waals surface area contributed by atoms with Gasteiger partial charge in [0.05, 0.1) is 0 Å². The minimum Gasteiger partial charge on any atom is -0.391 e. The van der Waals surface area contributed by atoms with E-state index in [4.69, 9.17) is 0 Å². The van der Waals surface area contributed by atoms with Crippen LogP contribution in [-0.4, -0.2) is 13.7 Å². The third kappa shape index (κ3) is 3.15. The quantitative estimate of drug-likeness (QED) is 0.667. The van der Waals surface area contributed by atoms with E-state index >= 15 is 0 Å². The molecule has 0 rings (SSSR count). The van der Waals surface area contributed by atoms with Gasteiger partial charge in [0.15, 0.2) is 0 Å². The third-order valence-corrected chi connectivity index (χ3v) is 3.37. The van der Waals surface area contributed by atoms with Crippen LogP contribution in [0.4, 0.5) is 0 Å². The van der Waals surface area contributed by atoms with Gasteiger partial charge in [0.2, 0.25) is 0 Å². The number of nitrogens with one attached hydrogen (secondary N) is 1. The summed E-state index contributed by atoms with van der Waals surface area (Å²) in [5.41, 5.74) is 1.44. The van der Waals surface area contributed by atoms with Crippen LogP contribution >= 0.6 is 8.58 Å². The van der Waals surface area contributed by atoms with Gasteiger partial charge in [0.1, 0.15) is 0 Å². The molecule has 0 amide bonds. The molecule has 72 valence electrons. The first-order valence-electron chi connectivity index (χ1n) is 4.64. The van der Waals surface area contributed by atoms with E-state index in [0.717, 1.165) is 8.58 Å². The highest BCUT2D eigenvalue weighted by Gasteiger charge is 2.10. The molecule has 0 heterocycles. The molecule has 12 heavy (non-hydrogen) atoms. The van der Waals surface area contributed by atoms with Gasteiger partial charge in [-0.2, -0.15) is 0 Å². The van der Waals surface area contributed by atoms with Gasteiger partial charge in [-0.1, -0.05) is 36.3 Å². The molecule has 0 radical (unpaired) electrons. The molecule has 0 aromatic heterocycles. The Morgan fingerprint density at radius 1 is 1.08 bits per heavy atom. The Kier molecular flexibility index (Phi) is 5.57. The van der Waals surface area contributed by atoms with Gasteiger partial charge in [0, 0.05) is 12.7 Å². The van der Waals surface area contributed by atoms with Crippen molar-refractivity contribution >= 4 is 8.58 Å². The van der Waals surface area contributed by atoms with Crippen molar-refractivity contribution in [3.05, 3.63) is 11.0 Å². The molecular weight excluding hydrogens is 165 g/mol. The molecule has 0 saturated carbocycles.